The van der Waals surface area contributed by atoms with Crippen LogP contribution in [0.1, 0.15) is 46.0 Å². The van der Waals surface area contributed by atoms with Gasteiger partial charge in [0, 0.05) is 17.8 Å². The molecular weight excluding hydrogens is 226 g/mol. The highest BCUT2D eigenvalue weighted by Gasteiger charge is 2.33. The third-order valence-corrected chi connectivity index (χ3v) is 4.74. The van der Waals surface area contributed by atoms with Crippen LogP contribution in [0.25, 0.3) is 0 Å². The summed E-state index contributed by atoms with van der Waals surface area (Å²) < 4.78 is 11.8. The van der Waals surface area contributed by atoms with E-state index in [0.29, 0.717) is 17.8 Å². The molecule has 18 heavy (non-hydrogen) atoms. The second-order valence-electron chi connectivity index (χ2n) is 5.92. The van der Waals surface area contributed by atoms with Crippen LogP contribution >= 0.6 is 0 Å². The molecule has 0 amide bonds. The van der Waals surface area contributed by atoms with Gasteiger partial charge in [0.1, 0.15) is 0 Å². The Hall–Kier alpha value is -0.590. The SMILES string of the molecule is CCC(C)[C@H]1CO[C@H]([C@H]2CC[C@H](C#N)CC2)OC1. The molecule has 1 unspecified atom stereocenters. The fourth-order valence-electron chi connectivity index (χ4n) is 2.99. The molecule has 1 saturated carbocycles. The van der Waals surface area contributed by atoms with Crippen LogP contribution in [0.5, 0.6) is 0 Å². The largest absolute Gasteiger partial charge is 0.352 e. The Morgan fingerprint density at radius 1 is 1.17 bits per heavy atom. The lowest BCUT2D eigenvalue weighted by molar-refractivity contribution is -0.234. The minimum atomic E-state index is -0.00931. The van der Waals surface area contributed by atoms with E-state index >= 15 is 0 Å². The Bertz CT molecular complexity index is 283. The maximum absolute atomic E-state index is 8.90. The van der Waals surface area contributed by atoms with Gasteiger partial charge < -0.3 is 9.47 Å². The van der Waals surface area contributed by atoms with Gasteiger partial charge in [-0.25, -0.2) is 0 Å². The molecular formula is C15H25NO2. The summed E-state index contributed by atoms with van der Waals surface area (Å²) in [6, 6.07) is 2.38. The van der Waals surface area contributed by atoms with Gasteiger partial charge >= 0.3 is 0 Å². The third kappa shape index (κ3) is 3.24. The Morgan fingerprint density at radius 2 is 1.78 bits per heavy atom. The highest BCUT2D eigenvalue weighted by Crippen LogP contribution is 2.34. The van der Waals surface area contributed by atoms with Gasteiger partial charge in [-0.05, 0) is 31.6 Å². The molecule has 0 bridgehead atoms. The predicted molar refractivity (Wildman–Crippen MR) is 69.7 cm³/mol. The summed E-state index contributed by atoms with van der Waals surface area (Å²) in [7, 11) is 0. The van der Waals surface area contributed by atoms with E-state index in [0.717, 1.165) is 38.9 Å². The molecule has 2 aliphatic rings. The molecule has 0 aromatic heterocycles. The number of hydrogen-bond donors (Lipinski definition) is 0. The van der Waals surface area contributed by atoms with Crippen molar-refractivity contribution in [2.24, 2.45) is 23.7 Å². The van der Waals surface area contributed by atoms with E-state index in [2.05, 4.69) is 19.9 Å². The lowest BCUT2D eigenvalue weighted by atomic mass is 9.82. The van der Waals surface area contributed by atoms with Gasteiger partial charge in [-0.15, -0.1) is 0 Å². The fraction of sp³-hybridized carbons (Fsp3) is 0.933. The molecule has 2 rings (SSSR count). The van der Waals surface area contributed by atoms with E-state index in [1.165, 1.54) is 6.42 Å². The van der Waals surface area contributed by atoms with Crippen molar-refractivity contribution >= 4 is 0 Å². The monoisotopic (exact) mass is 251 g/mol. The number of ether oxygens (including phenoxy) is 2. The van der Waals surface area contributed by atoms with Gasteiger partial charge in [0.05, 0.1) is 19.3 Å². The van der Waals surface area contributed by atoms with Crippen molar-refractivity contribution in [3.05, 3.63) is 0 Å². The average Bonchev–Trinajstić information content (AvgIpc) is 2.47. The zero-order valence-corrected chi connectivity index (χ0v) is 11.6. The van der Waals surface area contributed by atoms with Gasteiger partial charge in [-0.1, -0.05) is 20.3 Å². The maximum Gasteiger partial charge on any atom is 0.160 e. The zero-order valence-electron chi connectivity index (χ0n) is 11.6. The number of nitriles is 1. The Morgan fingerprint density at radius 3 is 2.28 bits per heavy atom. The van der Waals surface area contributed by atoms with E-state index in [4.69, 9.17) is 14.7 Å². The Labute approximate surface area is 110 Å². The summed E-state index contributed by atoms with van der Waals surface area (Å²) in [6.45, 7) is 6.19. The van der Waals surface area contributed by atoms with Crippen molar-refractivity contribution in [2.75, 3.05) is 13.2 Å². The fourth-order valence-corrected chi connectivity index (χ4v) is 2.99. The lowest BCUT2D eigenvalue weighted by Crippen LogP contribution is -2.40. The van der Waals surface area contributed by atoms with Crippen molar-refractivity contribution in [1.29, 1.82) is 5.26 Å². The molecule has 2 fully saturated rings. The quantitative estimate of drug-likeness (QED) is 0.772. The van der Waals surface area contributed by atoms with Crippen molar-refractivity contribution in [3.63, 3.8) is 0 Å². The van der Waals surface area contributed by atoms with Gasteiger partial charge in [-0.2, -0.15) is 5.26 Å². The number of hydrogen-bond acceptors (Lipinski definition) is 3. The van der Waals surface area contributed by atoms with Crippen LogP contribution in [0.15, 0.2) is 0 Å². The van der Waals surface area contributed by atoms with Gasteiger partial charge in [0.25, 0.3) is 0 Å². The van der Waals surface area contributed by atoms with Crippen molar-refractivity contribution in [2.45, 2.75) is 52.2 Å². The van der Waals surface area contributed by atoms with Crippen LogP contribution in [-0.2, 0) is 9.47 Å². The molecule has 102 valence electrons. The van der Waals surface area contributed by atoms with E-state index in [1.54, 1.807) is 0 Å². The Kier molecular flexibility index (Phi) is 5.03. The molecule has 1 atom stereocenters. The van der Waals surface area contributed by atoms with E-state index in [1.807, 2.05) is 0 Å². The van der Waals surface area contributed by atoms with Crippen LogP contribution in [-0.4, -0.2) is 19.5 Å². The minimum absolute atomic E-state index is 0.00931. The maximum atomic E-state index is 8.90. The smallest absolute Gasteiger partial charge is 0.160 e. The highest BCUT2D eigenvalue weighted by molar-refractivity contribution is 4.88. The first-order valence-corrected chi connectivity index (χ1v) is 7.37. The first kappa shape index (κ1) is 13.8. The van der Waals surface area contributed by atoms with Crippen molar-refractivity contribution in [3.8, 4) is 6.07 Å². The van der Waals surface area contributed by atoms with Gasteiger partial charge in [0.2, 0.25) is 0 Å². The summed E-state index contributed by atoms with van der Waals surface area (Å²) in [5, 5.41) is 8.90. The zero-order chi connectivity index (χ0) is 13.0. The highest BCUT2D eigenvalue weighted by atomic mass is 16.7. The molecule has 0 radical (unpaired) electrons. The second kappa shape index (κ2) is 6.54. The van der Waals surface area contributed by atoms with Gasteiger partial charge in [-0.3, -0.25) is 0 Å². The van der Waals surface area contributed by atoms with Crippen LogP contribution in [0, 0.1) is 35.0 Å². The normalized spacial score (nSPS) is 38.9. The van der Waals surface area contributed by atoms with E-state index < -0.39 is 0 Å². The first-order valence-electron chi connectivity index (χ1n) is 7.37. The molecule has 3 heteroatoms. The van der Waals surface area contributed by atoms with Crippen LogP contribution < -0.4 is 0 Å². The summed E-state index contributed by atoms with van der Waals surface area (Å²) in [5.41, 5.74) is 0. The van der Waals surface area contributed by atoms with E-state index in [9.17, 15) is 0 Å². The standard InChI is InChI=1S/C15H25NO2/c1-3-11(2)14-9-17-15(18-10-14)13-6-4-12(8-16)5-7-13/h11-15H,3-7,9-10H2,1-2H3/t11?,12-,13-,14-,15-. The molecule has 1 heterocycles. The molecule has 1 aliphatic carbocycles. The second-order valence-corrected chi connectivity index (χ2v) is 5.92. The molecule has 0 aromatic rings. The topological polar surface area (TPSA) is 42.2 Å². The summed E-state index contributed by atoms with van der Waals surface area (Å²) in [5.74, 6) is 2.01. The Balaban J connectivity index is 1.75. The molecule has 0 spiro atoms. The average molecular weight is 251 g/mol. The van der Waals surface area contributed by atoms with Crippen LogP contribution in [0.4, 0.5) is 0 Å². The van der Waals surface area contributed by atoms with E-state index in [-0.39, 0.29) is 12.2 Å². The molecule has 0 N–H and O–H groups in total. The van der Waals surface area contributed by atoms with Crippen LogP contribution in [0.3, 0.4) is 0 Å². The molecule has 3 nitrogen and oxygen atoms in total. The molecule has 0 aromatic carbocycles. The minimum Gasteiger partial charge on any atom is -0.352 e. The summed E-state index contributed by atoms with van der Waals surface area (Å²) in [4.78, 5) is 0. The predicted octanol–water partition coefficient (Wildman–Crippen LogP) is 3.35. The van der Waals surface area contributed by atoms with Crippen LogP contribution in [0.2, 0.25) is 0 Å². The first-order chi connectivity index (χ1) is 8.74. The molecule has 1 aliphatic heterocycles. The van der Waals surface area contributed by atoms with Crippen molar-refractivity contribution in [1.82, 2.24) is 0 Å². The summed E-state index contributed by atoms with van der Waals surface area (Å²) in [6.07, 6.45) is 5.37. The lowest BCUT2D eigenvalue weighted by Gasteiger charge is -2.38. The number of rotatable bonds is 3. The third-order valence-electron chi connectivity index (χ3n) is 4.74. The number of nitrogens with zero attached hydrogens (tertiary/aromatic N) is 1. The van der Waals surface area contributed by atoms with Crippen molar-refractivity contribution < 1.29 is 9.47 Å². The summed E-state index contributed by atoms with van der Waals surface area (Å²) >= 11 is 0. The molecule has 1 saturated heterocycles. The van der Waals surface area contributed by atoms with Gasteiger partial charge in [0.15, 0.2) is 6.29 Å².